The summed E-state index contributed by atoms with van der Waals surface area (Å²) in [6.45, 7) is 1.84. The first-order chi connectivity index (χ1) is 6.21. The topological polar surface area (TPSA) is 73.8 Å². The Morgan fingerprint density at radius 2 is 1.79 bits per heavy atom. The van der Waals surface area contributed by atoms with Gasteiger partial charge in [0, 0.05) is 0 Å². The van der Waals surface area contributed by atoms with E-state index in [1.165, 1.54) is 4.44 Å². The third kappa shape index (κ3) is 12.7. The van der Waals surface area contributed by atoms with E-state index >= 15 is 0 Å². The first-order valence-electron chi connectivity index (χ1n) is 4.96. The fourth-order valence-electron chi connectivity index (χ4n) is 1.08. The second kappa shape index (κ2) is 6.29. The molecule has 0 aliphatic rings. The molecule has 0 aromatic carbocycles. The Kier molecular flexibility index (Phi) is 6.60. The van der Waals surface area contributed by atoms with E-state index in [1.807, 2.05) is 0 Å². The van der Waals surface area contributed by atoms with Gasteiger partial charge < -0.3 is 0 Å². The van der Waals surface area contributed by atoms with E-state index in [9.17, 15) is 13.0 Å². The summed E-state index contributed by atoms with van der Waals surface area (Å²) < 4.78 is 32.1. The van der Waals surface area contributed by atoms with Gasteiger partial charge in [-0.05, 0) is 0 Å². The van der Waals surface area contributed by atoms with Gasteiger partial charge in [-0.2, -0.15) is 0 Å². The van der Waals surface area contributed by atoms with Gasteiger partial charge in [-0.3, -0.25) is 0 Å². The van der Waals surface area contributed by atoms with Crippen molar-refractivity contribution in [3.8, 4) is 0 Å². The van der Waals surface area contributed by atoms with Crippen LogP contribution in [0.15, 0.2) is 0 Å². The van der Waals surface area contributed by atoms with Crippen molar-refractivity contribution in [2.24, 2.45) is 0 Å². The van der Waals surface area contributed by atoms with E-state index in [1.54, 1.807) is 0 Å². The van der Waals surface area contributed by atoms with Crippen molar-refractivity contribution in [3.63, 3.8) is 0 Å². The Bertz CT molecular complexity index is 246. The Morgan fingerprint density at radius 3 is 2.21 bits per heavy atom. The van der Waals surface area contributed by atoms with Crippen molar-refractivity contribution >= 4 is 28.5 Å². The minimum absolute atomic E-state index is 0.220. The molecule has 0 saturated heterocycles. The molecular formula is C8H21NO3SSn. The minimum atomic E-state index is -4.00. The first kappa shape index (κ1) is 14.7. The van der Waals surface area contributed by atoms with Gasteiger partial charge in [-0.25, -0.2) is 0 Å². The molecule has 0 heterocycles. The Morgan fingerprint density at radius 1 is 1.21 bits per heavy atom. The van der Waals surface area contributed by atoms with Gasteiger partial charge in [0.25, 0.3) is 0 Å². The maximum absolute atomic E-state index is 10.3. The predicted octanol–water partition coefficient (Wildman–Crippen LogP) is -0.177. The molecule has 0 fully saturated rings. The summed E-state index contributed by atoms with van der Waals surface area (Å²) in [5.41, 5.74) is 0. The second-order valence-electron chi connectivity index (χ2n) is 4.79. The number of hydrogen-bond donors (Lipinski definition) is 1. The molecule has 86 valence electrons. The van der Waals surface area contributed by atoms with Gasteiger partial charge in [-0.1, -0.05) is 0 Å². The predicted molar refractivity (Wildman–Crippen MR) is 59.0 cm³/mol. The van der Waals surface area contributed by atoms with Crippen LogP contribution in [0.2, 0.25) is 19.3 Å². The molecule has 4 nitrogen and oxygen atoms in total. The summed E-state index contributed by atoms with van der Waals surface area (Å²) >= 11 is -1.62. The molecule has 0 rings (SSSR count). The molecule has 0 saturated carbocycles. The van der Waals surface area contributed by atoms with E-state index < -0.39 is 28.5 Å². The summed E-state index contributed by atoms with van der Waals surface area (Å²) in [6, 6.07) is 0. The zero-order valence-corrected chi connectivity index (χ0v) is 12.9. The van der Waals surface area contributed by atoms with Gasteiger partial charge in [0.1, 0.15) is 0 Å². The SMILES string of the molecule is [CH3][Sn]([CH3])([CH3])[CH2]C[NH2+]CCCS(=O)(=O)[O-]. The fourth-order valence-corrected chi connectivity index (χ4v) is 4.66. The van der Waals surface area contributed by atoms with Gasteiger partial charge in [0.05, 0.1) is 0 Å². The van der Waals surface area contributed by atoms with Crippen LogP contribution < -0.4 is 5.32 Å². The van der Waals surface area contributed by atoms with Crippen LogP contribution in [0, 0.1) is 0 Å². The summed E-state index contributed by atoms with van der Waals surface area (Å²) in [6.07, 6.45) is 0.478. The molecule has 0 atom stereocenters. The molecule has 6 heteroatoms. The average molecular weight is 330 g/mol. The molecule has 0 aromatic rings. The van der Waals surface area contributed by atoms with Gasteiger partial charge in [0.2, 0.25) is 0 Å². The van der Waals surface area contributed by atoms with Gasteiger partial charge >= 0.3 is 91.3 Å². The Hall–Kier alpha value is 0.669. The van der Waals surface area contributed by atoms with Crippen molar-refractivity contribution in [1.29, 1.82) is 0 Å². The zero-order chi connectivity index (χ0) is 11.2. The second-order valence-corrected chi connectivity index (χ2v) is 22.4. The maximum atomic E-state index is 10.3. The van der Waals surface area contributed by atoms with Crippen molar-refractivity contribution in [2.45, 2.75) is 25.7 Å². The third-order valence-corrected chi connectivity index (χ3v) is 7.79. The molecule has 0 unspecified atom stereocenters. The van der Waals surface area contributed by atoms with Gasteiger partial charge in [-0.15, -0.1) is 0 Å². The first-order valence-corrected chi connectivity index (χ1v) is 17.1. The molecule has 0 bridgehead atoms. The number of nitrogens with two attached hydrogens (primary N) is 1. The van der Waals surface area contributed by atoms with Crippen LogP contribution >= 0.6 is 0 Å². The van der Waals surface area contributed by atoms with Crippen LogP contribution in [0.4, 0.5) is 0 Å². The third-order valence-electron chi connectivity index (χ3n) is 1.90. The van der Waals surface area contributed by atoms with Crippen LogP contribution in [-0.4, -0.2) is 50.2 Å². The summed E-state index contributed by atoms with van der Waals surface area (Å²) in [5.74, 6) is -0.220. The van der Waals surface area contributed by atoms with Crippen molar-refractivity contribution < 1.29 is 18.3 Å². The monoisotopic (exact) mass is 331 g/mol. The normalized spacial score (nSPS) is 13.1. The molecular weight excluding hydrogens is 309 g/mol. The van der Waals surface area contributed by atoms with E-state index in [-0.39, 0.29) is 5.75 Å². The van der Waals surface area contributed by atoms with Crippen molar-refractivity contribution in [1.82, 2.24) is 0 Å². The molecule has 0 radical (unpaired) electrons. The van der Waals surface area contributed by atoms with Crippen LogP contribution in [0.3, 0.4) is 0 Å². The van der Waals surface area contributed by atoms with Crippen LogP contribution in [0.25, 0.3) is 0 Å². The zero-order valence-electron chi connectivity index (χ0n) is 9.25. The standard InChI is InChI=1S/C5H12NO3S.3CH3.Sn/c1-2-6-4-3-5-10(7,8)9;;;;/h6H,1-5H2,(H,7,8,9);3*1H3;. The quantitative estimate of drug-likeness (QED) is 0.400. The average Bonchev–Trinajstić information content (AvgIpc) is 1.92. The fraction of sp³-hybridized carbons (Fsp3) is 1.00. The summed E-state index contributed by atoms with van der Waals surface area (Å²) in [5, 5.41) is 2.12. The Balaban J connectivity index is 3.32. The number of hydrogen-bond acceptors (Lipinski definition) is 3. The summed E-state index contributed by atoms with van der Waals surface area (Å²) in [4.78, 5) is 7.14. The van der Waals surface area contributed by atoms with Crippen molar-refractivity contribution in [2.75, 3.05) is 18.8 Å². The van der Waals surface area contributed by atoms with E-state index in [2.05, 4.69) is 20.1 Å². The summed E-state index contributed by atoms with van der Waals surface area (Å²) in [7, 11) is -4.00. The molecule has 0 aliphatic carbocycles. The number of rotatable bonds is 7. The molecule has 2 N–H and O–H groups in total. The molecule has 0 spiro atoms. The van der Waals surface area contributed by atoms with Gasteiger partial charge in [0.15, 0.2) is 0 Å². The number of quaternary nitrogens is 1. The van der Waals surface area contributed by atoms with Crippen LogP contribution in [0.5, 0.6) is 0 Å². The van der Waals surface area contributed by atoms with E-state index in [0.717, 1.165) is 13.1 Å². The molecule has 0 aliphatic heterocycles. The van der Waals surface area contributed by atoms with E-state index in [4.69, 9.17) is 0 Å². The van der Waals surface area contributed by atoms with Crippen molar-refractivity contribution in [3.05, 3.63) is 0 Å². The Labute approximate surface area is 91.1 Å². The van der Waals surface area contributed by atoms with Crippen LogP contribution in [-0.2, 0) is 10.1 Å². The molecule has 0 amide bonds. The molecule has 14 heavy (non-hydrogen) atoms. The molecule has 0 aromatic heterocycles. The van der Waals surface area contributed by atoms with Crippen LogP contribution in [0.1, 0.15) is 6.42 Å². The van der Waals surface area contributed by atoms with E-state index in [0.29, 0.717) is 6.42 Å².